The van der Waals surface area contributed by atoms with Crippen molar-refractivity contribution in [2.75, 3.05) is 6.54 Å². The van der Waals surface area contributed by atoms with Gasteiger partial charge in [0.25, 0.3) is 0 Å². The van der Waals surface area contributed by atoms with Crippen molar-refractivity contribution in [3.63, 3.8) is 0 Å². The topological polar surface area (TPSA) is 81.6 Å². The van der Waals surface area contributed by atoms with Gasteiger partial charge in [-0.1, -0.05) is 6.92 Å². The molecule has 0 spiro atoms. The summed E-state index contributed by atoms with van der Waals surface area (Å²) >= 11 is 0. The zero-order chi connectivity index (χ0) is 10.0. The molecule has 1 aliphatic rings. The first-order chi connectivity index (χ1) is 6.02. The first-order valence-electron chi connectivity index (χ1n) is 4.39. The fourth-order valence-electron chi connectivity index (χ4n) is 1.44. The molecule has 1 amide bonds. The number of aliphatic hydroxyl groups is 2. The van der Waals surface area contributed by atoms with Crippen molar-refractivity contribution in [1.82, 2.24) is 10.6 Å². The van der Waals surface area contributed by atoms with Gasteiger partial charge in [0.1, 0.15) is 12.3 Å². The van der Waals surface area contributed by atoms with Gasteiger partial charge in [0.15, 0.2) is 0 Å². The molecule has 4 atom stereocenters. The molecule has 5 heteroatoms. The van der Waals surface area contributed by atoms with Crippen LogP contribution in [0.15, 0.2) is 0 Å². The normalized spacial score (nSPS) is 40.0. The summed E-state index contributed by atoms with van der Waals surface area (Å²) in [4.78, 5) is 10.7. The van der Waals surface area contributed by atoms with E-state index >= 15 is 0 Å². The van der Waals surface area contributed by atoms with Gasteiger partial charge in [-0.05, 0) is 5.92 Å². The Morgan fingerprint density at radius 1 is 1.46 bits per heavy atom. The van der Waals surface area contributed by atoms with Crippen molar-refractivity contribution in [2.24, 2.45) is 5.92 Å². The minimum absolute atomic E-state index is 0.00000756. The second-order valence-corrected chi connectivity index (χ2v) is 3.54. The summed E-state index contributed by atoms with van der Waals surface area (Å²) in [5, 5.41) is 24.5. The van der Waals surface area contributed by atoms with Crippen LogP contribution in [0.5, 0.6) is 0 Å². The van der Waals surface area contributed by atoms with Crippen LogP contribution in [0.3, 0.4) is 0 Å². The monoisotopic (exact) mass is 188 g/mol. The Bertz CT molecular complexity index is 198. The molecule has 0 bridgehead atoms. The molecule has 1 fully saturated rings. The highest BCUT2D eigenvalue weighted by molar-refractivity contribution is 5.73. The van der Waals surface area contributed by atoms with E-state index in [-0.39, 0.29) is 11.8 Å². The second kappa shape index (κ2) is 4.04. The lowest BCUT2D eigenvalue weighted by atomic mass is 9.93. The molecule has 0 aromatic carbocycles. The molecule has 0 radical (unpaired) electrons. The van der Waals surface area contributed by atoms with Crippen molar-refractivity contribution >= 4 is 5.91 Å². The van der Waals surface area contributed by atoms with Crippen LogP contribution in [0.1, 0.15) is 13.8 Å². The molecule has 1 rings (SSSR count). The number of carbonyl (C=O) groups is 1. The van der Waals surface area contributed by atoms with Gasteiger partial charge in [0.2, 0.25) is 5.91 Å². The van der Waals surface area contributed by atoms with Crippen molar-refractivity contribution in [1.29, 1.82) is 0 Å². The van der Waals surface area contributed by atoms with E-state index in [0.717, 1.165) is 0 Å². The predicted octanol–water partition coefficient (Wildman–Crippen LogP) is -1.59. The standard InChI is InChI=1S/C8H16N2O3/c1-4-3-9-8(10-5(2)11)7(13)6(4)12/h4,6-9,12-13H,3H2,1-2H3,(H,10,11). The summed E-state index contributed by atoms with van der Waals surface area (Å²) in [7, 11) is 0. The molecular formula is C8H16N2O3. The van der Waals surface area contributed by atoms with Crippen LogP contribution in [0.25, 0.3) is 0 Å². The van der Waals surface area contributed by atoms with E-state index in [0.29, 0.717) is 6.54 Å². The average molecular weight is 188 g/mol. The fourth-order valence-corrected chi connectivity index (χ4v) is 1.44. The SMILES string of the molecule is CC(=O)NC1NCC(C)C(O)C1O. The molecule has 76 valence electrons. The molecule has 0 aliphatic carbocycles. The predicted molar refractivity (Wildman–Crippen MR) is 46.8 cm³/mol. The number of hydrogen-bond acceptors (Lipinski definition) is 4. The average Bonchev–Trinajstić information content (AvgIpc) is 2.06. The molecule has 13 heavy (non-hydrogen) atoms. The lowest BCUT2D eigenvalue weighted by Gasteiger charge is -2.37. The largest absolute Gasteiger partial charge is 0.390 e. The van der Waals surface area contributed by atoms with Crippen LogP contribution in [0, 0.1) is 5.92 Å². The third-order valence-corrected chi connectivity index (χ3v) is 2.29. The highest BCUT2D eigenvalue weighted by Gasteiger charge is 2.35. The van der Waals surface area contributed by atoms with E-state index in [4.69, 9.17) is 0 Å². The van der Waals surface area contributed by atoms with Gasteiger partial charge in [0.05, 0.1) is 6.10 Å². The lowest BCUT2D eigenvalue weighted by molar-refractivity contribution is -0.123. The van der Waals surface area contributed by atoms with E-state index in [9.17, 15) is 15.0 Å². The van der Waals surface area contributed by atoms with Crippen LogP contribution in [0.2, 0.25) is 0 Å². The smallest absolute Gasteiger partial charge is 0.218 e. The molecule has 1 saturated heterocycles. The number of amides is 1. The summed E-state index contributed by atoms with van der Waals surface area (Å²) in [6.45, 7) is 3.80. The maximum Gasteiger partial charge on any atom is 0.218 e. The number of hydrogen-bond donors (Lipinski definition) is 4. The Morgan fingerprint density at radius 2 is 2.08 bits per heavy atom. The minimum atomic E-state index is -0.937. The highest BCUT2D eigenvalue weighted by Crippen LogP contribution is 2.13. The van der Waals surface area contributed by atoms with Crippen LogP contribution < -0.4 is 10.6 Å². The number of nitrogens with one attached hydrogen (secondary N) is 2. The zero-order valence-corrected chi connectivity index (χ0v) is 7.82. The Morgan fingerprint density at radius 3 is 2.62 bits per heavy atom. The molecule has 0 aromatic rings. The summed E-state index contributed by atoms with van der Waals surface area (Å²) in [5.74, 6) is -0.224. The van der Waals surface area contributed by atoms with Gasteiger partial charge < -0.3 is 15.5 Å². The number of rotatable bonds is 1. The Labute approximate surface area is 77.1 Å². The van der Waals surface area contributed by atoms with Gasteiger partial charge in [-0.15, -0.1) is 0 Å². The highest BCUT2D eigenvalue weighted by atomic mass is 16.3. The van der Waals surface area contributed by atoms with E-state index in [1.807, 2.05) is 6.92 Å². The van der Waals surface area contributed by atoms with E-state index in [1.54, 1.807) is 0 Å². The van der Waals surface area contributed by atoms with Crippen LogP contribution in [-0.4, -0.2) is 41.0 Å². The molecule has 0 aromatic heterocycles. The number of aliphatic hydroxyl groups excluding tert-OH is 2. The van der Waals surface area contributed by atoms with E-state index in [1.165, 1.54) is 6.92 Å². The van der Waals surface area contributed by atoms with Gasteiger partial charge in [-0.25, -0.2) is 0 Å². The second-order valence-electron chi connectivity index (χ2n) is 3.54. The van der Waals surface area contributed by atoms with Gasteiger partial charge >= 0.3 is 0 Å². The van der Waals surface area contributed by atoms with Crippen molar-refractivity contribution < 1.29 is 15.0 Å². The summed E-state index contributed by atoms with van der Waals surface area (Å²) in [5.41, 5.74) is 0. The van der Waals surface area contributed by atoms with Gasteiger partial charge in [-0.2, -0.15) is 0 Å². The molecule has 1 heterocycles. The van der Waals surface area contributed by atoms with Gasteiger partial charge in [0, 0.05) is 13.5 Å². The maximum absolute atomic E-state index is 10.7. The molecule has 5 nitrogen and oxygen atoms in total. The van der Waals surface area contributed by atoms with Crippen molar-refractivity contribution in [3.8, 4) is 0 Å². The fraction of sp³-hybridized carbons (Fsp3) is 0.875. The summed E-state index contributed by atoms with van der Waals surface area (Å²) in [6, 6.07) is 0. The van der Waals surface area contributed by atoms with E-state index in [2.05, 4.69) is 10.6 Å². The Hall–Kier alpha value is -0.650. The van der Waals surface area contributed by atoms with Crippen molar-refractivity contribution in [3.05, 3.63) is 0 Å². The van der Waals surface area contributed by atoms with Crippen molar-refractivity contribution in [2.45, 2.75) is 32.2 Å². The molecular weight excluding hydrogens is 172 g/mol. The minimum Gasteiger partial charge on any atom is -0.390 e. The number of piperidine rings is 1. The van der Waals surface area contributed by atoms with Crippen LogP contribution in [0.4, 0.5) is 0 Å². The molecule has 1 aliphatic heterocycles. The van der Waals surface area contributed by atoms with Crippen LogP contribution in [-0.2, 0) is 4.79 Å². The molecule has 4 unspecified atom stereocenters. The number of carbonyl (C=O) groups excluding carboxylic acids is 1. The first kappa shape index (κ1) is 10.4. The molecule has 0 saturated carbocycles. The third-order valence-electron chi connectivity index (χ3n) is 2.29. The Kier molecular flexibility index (Phi) is 3.24. The summed E-state index contributed by atoms with van der Waals surface area (Å²) < 4.78 is 0. The Balaban J connectivity index is 2.53. The summed E-state index contributed by atoms with van der Waals surface area (Å²) in [6.07, 6.45) is -2.26. The molecule has 4 N–H and O–H groups in total. The van der Waals surface area contributed by atoms with Crippen LogP contribution >= 0.6 is 0 Å². The third kappa shape index (κ3) is 2.40. The lowest BCUT2D eigenvalue weighted by Crippen LogP contribution is -2.63. The van der Waals surface area contributed by atoms with Gasteiger partial charge in [-0.3, -0.25) is 10.1 Å². The van der Waals surface area contributed by atoms with E-state index < -0.39 is 18.4 Å². The quantitative estimate of drug-likeness (QED) is 0.400. The zero-order valence-electron chi connectivity index (χ0n) is 7.82. The maximum atomic E-state index is 10.7. The first-order valence-corrected chi connectivity index (χ1v) is 4.39.